The molecular formula is C12H9NO3. The topological polar surface area (TPSA) is 52.3 Å². The fraction of sp³-hybridized carbons (Fsp3) is 0.167. The number of esters is 1. The van der Waals surface area contributed by atoms with Crippen LogP contribution in [0.5, 0.6) is 0 Å². The molecule has 1 aromatic heterocycles. The SMILES string of the molecule is CCOC(=O)C#Cc1ccc2ocnc2c1. The van der Waals surface area contributed by atoms with E-state index in [1.54, 1.807) is 25.1 Å². The highest BCUT2D eigenvalue weighted by Crippen LogP contribution is 2.13. The number of carbonyl (C=O) groups excluding carboxylic acids is 1. The first-order valence-electron chi connectivity index (χ1n) is 4.81. The molecule has 0 saturated carbocycles. The van der Waals surface area contributed by atoms with E-state index in [4.69, 9.17) is 4.42 Å². The normalized spacial score (nSPS) is 9.56. The van der Waals surface area contributed by atoms with Gasteiger partial charge in [0.15, 0.2) is 12.0 Å². The van der Waals surface area contributed by atoms with Crippen molar-refractivity contribution in [2.24, 2.45) is 0 Å². The molecule has 0 saturated heterocycles. The molecule has 4 heteroatoms. The summed E-state index contributed by atoms with van der Waals surface area (Å²) in [6.07, 6.45) is 1.37. The molecule has 1 heterocycles. The van der Waals surface area contributed by atoms with Crippen molar-refractivity contribution in [3.05, 3.63) is 30.2 Å². The smallest absolute Gasteiger partial charge is 0.384 e. The summed E-state index contributed by atoms with van der Waals surface area (Å²) >= 11 is 0. The van der Waals surface area contributed by atoms with Crippen LogP contribution in [-0.4, -0.2) is 17.6 Å². The zero-order chi connectivity index (χ0) is 11.4. The lowest BCUT2D eigenvalue weighted by Crippen LogP contribution is -1.99. The van der Waals surface area contributed by atoms with Gasteiger partial charge < -0.3 is 9.15 Å². The van der Waals surface area contributed by atoms with Crippen LogP contribution < -0.4 is 0 Å². The molecule has 0 atom stereocenters. The third kappa shape index (κ3) is 2.20. The van der Waals surface area contributed by atoms with Crippen LogP contribution in [0.3, 0.4) is 0 Å². The minimum Gasteiger partial charge on any atom is -0.456 e. The zero-order valence-corrected chi connectivity index (χ0v) is 8.69. The third-order valence-electron chi connectivity index (χ3n) is 1.91. The van der Waals surface area contributed by atoms with Crippen LogP contribution in [0.25, 0.3) is 11.1 Å². The molecule has 0 aliphatic heterocycles. The van der Waals surface area contributed by atoms with Gasteiger partial charge in [-0.3, -0.25) is 0 Å². The second kappa shape index (κ2) is 4.49. The molecule has 1 aromatic carbocycles. The maximum absolute atomic E-state index is 11.0. The van der Waals surface area contributed by atoms with E-state index < -0.39 is 5.97 Å². The first-order valence-corrected chi connectivity index (χ1v) is 4.81. The van der Waals surface area contributed by atoms with E-state index in [9.17, 15) is 4.79 Å². The second-order valence-corrected chi connectivity index (χ2v) is 3.01. The second-order valence-electron chi connectivity index (χ2n) is 3.01. The summed E-state index contributed by atoms with van der Waals surface area (Å²) in [5, 5.41) is 0. The van der Waals surface area contributed by atoms with Gasteiger partial charge in [-0.05, 0) is 25.1 Å². The molecule has 80 valence electrons. The minimum atomic E-state index is -0.525. The average molecular weight is 215 g/mol. The number of ether oxygens (including phenoxy) is 1. The van der Waals surface area contributed by atoms with Crippen molar-refractivity contribution < 1.29 is 13.9 Å². The Balaban J connectivity index is 2.23. The first-order chi connectivity index (χ1) is 7.79. The van der Waals surface area contributed by atoms with Gasteiger partial charge in [-0.1, -0.05) is 5.92 Å². The first kappa shape index (κ1) is 10.2. The molecule has 0 bridgehead atoms. The quantitative estimate of drug-likeness (QED) is 0.537. The molecule has 0 aliphatic carbocycles. The van der Waals surface area contributed by atoms with Gasteiger partial charge in [0.1, 0.15) is 5.52 Å². The summed E-state index contributed by atoms with van der Waals surface area (Å²) in [5.41, 5.74) is 2.12. The number of aromatic nitrogens is 1. The van der Waals surface area contributed by atoms with Crippen molar-refractivity contribution >= 4 is 17.1 Å². The number of hydrogen-bond donors (Lipinski definition) is 0. The van der Waals surface area contributed by atoms with Crippen LogP contribution >= 0.6 is 0 Å². The van der Waals surface area contributed by atoms with Gasteiger partial charge in [0, 0.05) is 11.5 Å². The molecule has 0 fully saturated rings. The summed E-state index contributed by atoms with van der Waals surface area (Å²) in [4.78, 5) is 15.0. The highest BCUT2D eigenvalue weighted by Gasteiger charge is 1.98. The number of rotatable bonds is 1. The lowest BCUT2D eigenvalue weighted by Gasteiger charge is -1.91. The molecule has 0 spiro atoms. The lowest BCUT2D eigenvalue weighted by molar-refractivity contribution is -0.136. The van der Waals surface area contributed by atoms with Crippen molar-refractivity contribution in [3.63, 3.8) is 0 Å². The van der Waals surface area contributed by atoms with E-state index in [-0.39, 0.29) is 0 Å². The van der Waals surface area contributed by atoms with Crippen molar-refractivity contribution in [2.75, 3.05) is 6.61 Å². The molecule has 2 rings (SSSR count). The fourth-order valence-electron chi connectivity index (χ4n) is 1.23. The number of hydrogen-bond acceptors (Lipinski definition) is 4. The Hall–Kier alpha value is -2.28. The van der Waals surface area contributed by atoms with Gasteiger partial charge in [-0.25, -0.2) is 9.78 Å². The van der Waals surface area contributed by atoms with Gasteiger partial charge in [-0.15, -0.1) is 0 Å². The Morgan fingerprint density at radius 2 is 2.44 bits per heavy atom. The molecule has 16 heavy (non-hydrogen) atoms. The molecule has 0 amide bonds. The third-order valence-corrected chi connectivity index (χ3v) is 1.91. The Labute approximate surface area is 92.2 Å². The Morgan fingerprint density at radius 3 is 3.25 bits per heavy atom. The summed E-state index contributed by atoms with van der Waals surface area (Å²) in [7, 11) is 0. The van der Waals surface area contributed by atoms with Crippen LogP contribution in [0.4, 0.5) is 0 Å². The van der Waals surface area contributed by atoms with E-state index in [1.165, 1.54) is 6.39 Å². The predicted octanol–water partition coefficient (Wildman–Crippen LogP) is 1.74. The van der Waals surface area contributed by atoms with E-state index in [0.29, 0.717) is 17.8 Å². The van der Waals surface area contributed by atoms with E-state index >= 15 is 0 Å². The van der Waals surface area contributed by atoms with Crippen molar-refractivity contribution in [1.29, 1.82) is 0 Å². The zero-order valence-electron chi connectivity index (χ0n) is 8.69. The van der Waals surface area contributed by atoms with Gasteiger partial charge >= 0.3 is 5.97 Å². The fourth-order valence-corrected chi connectivity index (χ4v) is 1.23. The van der Waals surface area contributed by atoms with E-state index in [1.807, 2.05) is 0 Å². The summed E-state index contributed by atoms with van der Waals surface area (Å²) in [6.45, 7) is 2.07. The molecule has 2 aromatic rings. The highest BCUT2D eigenvalue weighted by atomic mass is 16.5. The molecule has 0 N–H and O–H groups in total. The summed E-state index contributed by atoms with van der Waals surface area (Å²) < 4.78 is 9.78. The minimum absolute atomic E-state index is 0.329. The Morgan fingerprint density at radius 1 is 1.56 bits per heavy atom. The average Bonchev–Trinajstić information content (AvgIpc) is 2.74. The largest absolute Gasteiger partial charge is 0.456 e. The van der Waals surface area contributed by atoms with E-state index in [2.05, 4.69) is 21.6 Å². The van der Waals surface area contributed by atoms with Crippen LogP contribution in [-0.2, 0) is 9.53 Å². The Bertz CT molecular complexity index is 574. The van der Waals surface area contributed by atoms with Gasteiger partial charge in [0.25, 0.3) is 0 Å². The van der Waals surface area contributed by atoms with Crippen LogP contribution in [0.1, 0.15) is 12.5 Å². The summed E-state index contributed by atoms with van der Waals surface area (Å²) in [5.74, 6) is 4.57. The van der Waals surface area contributed by atoms with Crippen LogP contribution in [0, 0.1) is 11.8 Å². The number of oxazole rings is 1. The van der Waals surface area contributed by atoms with Gasteiger partial charge in [0.05, 0.1) is 6.61 Å². The predicted molar refractivity (Wildman–Crippen MR) is 57.5 cm³/mol. The monoisotopic (exact) mass is 215 g/mol. The molecular weight excluding hydrogens is 206 g/mol. The standard InChI is InChI=1S/C12H9NO3/c1-2-15-12(14)6-4-9-3-5-11-10(7-9)13-8-16-11/h3,5,7-8H,2H2,1H3. The van der Waals surface area contributed by atoms with Crippen molar-refractivity contribution in [2.45, 2.75) is 6.92 Å². The van der Waals surface area contributed by atoms with Gasteiger partial charge in [0.2, 0.25) is 0 Å². The highest BCUT2D eigenvalue weighted by molar-refractivity contribution is 5.89. The molecule has 0 unspecified atom stereocenters. The molecule has 0 radical (unpaired) electrons. The van der Waals surface area contributed by atoms with Gasteiger partial charge in [-0.2, -0.15) is 0 Å². The van der Waals surface area contributed by atoms with E-state index in [0.717, 1.165) is 5.52 Å². The van der Waals surface area contributed by atoms with Crippen molar-refractivity contribution in [3.8, 4) is 11.8 Å². The molecule has 0 aliphatic rings. The van der Waals surface area contributed by atoms with Crippen molar-refractivity contribution in [1.82, 2.24) is 4.98 Å². The number of carbonyl (C=O) groups is 1. The summed E-state index contributed by atoms with van der Waals surface area (Å²) in [6, 6.07) is 5.28. The number of nitrogens with zero attached hydrogens (tertiary/aromatic N) is 1. The lowest BCUT2D eigenvalue weighted by atomic mass is 10.2. The number of fused-ring (bicyclic) bond motifs is 1. The maximum Gasteiger partial charge on any atom is 0.384 e. The molecule has 4 nitrogen and oxygen atoms in total. The van der Waals surface area contributed by atoms with Crippen LogP contribution in [0.15, 0.2) is 29.0 Å². The Kier molecular flexibility index (Phi) is 2.88. The number of benzene rings is 1. The van der Waals surface area contributed by atoms with Crippen LogP contribution in [0.2, 0.25) is 0 Å². The maximum atomic E-state index is 11.0.